The summed E-state index contributed by atoms with van der Waals surface area (Å²) in [5.74, 6) is 0.455. The molecule has 2 amide bonds. The molecule has 5 heteroatoms. The summed E-state index contributed by atoms with van der Waals surface area (Å²) in [4.78, 5) is 29.8. The van der Waals surface area contributed by atoms with Crippen molar-refractivity contribution in [1.29, 1.82) is 0 Å². The Balaban J connectivity index is 1.25. The average molecular weight is 428 g/mol. The Labute approximate surface area is 189 Å². The van der Waals surface area contributed by atoms with Crippen molar-refractivity contribution in [2.75, 3.05) is 29.4 Å². The third-order valence-corrected chi connectivity index (χ3v) is 6.74. The average Bonchev–Trinajstić information content (AvgIpc) is 3.07. The molecule has 32 heavy (non-hydrogen) atoms. The number of hydrogen-bond donors (Lipinski definition) is 1. The minimum atomic E-state index is -0.162. The largest absolute Gasteiger partial charge is 0.371 e. The van der Waals surface area contributed by atoms with Crippen LogP contribution >= 0.6 is 0 Å². The van der Waals surface area contributed by atoms with Crippen LogP contribution in [0.2, 0.25) is 0 Å². The molecule has 0 radical (unpaired) electrons. The van der Waals surface area contributed by atoms with Gasteiger partial charge in [-0.05, 0) is 60.9 Å². The predicted molar refractivity (Wildman–Crippen MR) is 129 cm³/mol. The van der Waals surface area contributed by atoms with Crippen LogP contribution in [-0.2, 0) is 4.79 Å². The number of carbonyl (C=O) groups excluding carboxylic acids is 2. The highest BCUT2D eigenvalue weighted by molar-refractivity contribution is 6.26. The second kappa shape index (κ2) is 8.30. The van der Waals surface area contributed by atoms with E-state index in [4.69, 9.17) is 0 Å². The maximum Gasteiger partial charge on any atom is 0.259 e. The SMILES string of the molecule is C[C@@H]1CCCN(c2ccc([C@@H](C)NC(=O)CN3C(=O)c4cccc5cccc3c45)cc2)C1. The fraction of sp³-hybridized carbons (Fsp3) is 0.333. The van der Waals surface area contributed by atoms with Crippen LogP contribution in [0, 0.1) is 5.92 Å². The highest BCUT2D eigenvalue weighted by atomic mass is 16.2. The Morgan fingerprint density at radius 1 is 1.09 bits per heavy atom. The van der Waals surface area contributed by atoms with Crippen LogP contribution in [0.15, 0.2) is 60.7 Å². The van der Waals surface area contributed by atoms with Gasteiger partial charge in [0.1, 0.15) is 6.54 Å². The molecule has 1 saturated heterocycles. The maximum atomic E-state index is 12.9. The molecule has 2 heterocycles. The van der Waals surface area contributed by atoms with Gasteiger partial charge < -0.3 is 10.2 Å². The molecular formula is C27H29N3O2. The highest BCUT2D eigenvalue weighted by Gasteiger charge is 2.31. The van der Waals surface area contributed by atoms with Gasteiger partial charge in [0, 0.05) is 29.7 Å². The molecule has 5 nitrogen and oxygen atoms in total. The van der Waals surface area contributed by atoms with Crippen LogP contribution in [0.4, 0.5) is 11.4 Å². The minimum absolute atomic E-state index is 0.0146. The van der Waals surface area contributed by atoms with Gasteiger partial charge in [0.15, 0.2) is 0 Å². The quantitative estimate of drug-likeness (QED) is 0.629. The van der Waals surface area contributed by atoms with Gasteiger partial charge in [0.05, 0.1) is 11.7 Å². The molecule has 1 fully saturated rings. The lowest BCUT2D eigenvalue weighted by Crippen LogP contribution is -2.39. The first-order valence-corrected chi connectivity index (χ1v) is 11.5. The third kappa shape index (κ3) is 3.72. The first-order valence-electron chi connectivity index (χ1n) is 11.5. The molecule has 0 aliphatic carbocycles. The summed E-state index contributed by atoms with van der Waals surface area (Å²) in [7, 11) is 0. The van der Waals surface area contributed by atoms with Gasteiger partial charge in [-0.15, -0.1) is 0 Å². The molecule has 0 bridgehead atoms. The van der Waals surface area contributed by atoms with Crippen LogP contribution in [0.1, 0.15) is 48.7 Å². The summed E-state index contributed by atoms with van der Waals surface area (Å²) >= 11 is 0. The van der Waals surface area contributed by atoms with E-state index in [0.29, 0.717) is 5.56 Å². The van der Waals surface area contributed by atoms with E-state index in [1.807, 2.05) is 43.3 Å². The molecule has 3 aromatic carbocycles. The van der Waals surface area contributed by atoms with Crippen molar-refractivity contribution >= 4 is 34.0 Å². The van der Waals surface area contributed by atoms with Gasteiger partial charge in [0.2, 0.25) is 5.91 Å². The number of nitrogens with one attached hydrogen (secondary N) is 1. The lowest BCUT2D eigenvalue weighted by Gasteiger charge is -2.33. The van der Waals surface area contributed by atoms with Gasteiger partial charge >= 0.3 is 0 Å². The summed E-state index contributed by atoms with van der Waals surface area (Å²) in [6, 6.07) is 19.9. The molecule has 3 aromatic rings. The monoisotopic (exact) mass is 427 g/mol. The number of benzene rings is 3. The van der Waals surface area contributed by atoms with Crippen LogP contribution < -0.4 is 15.1 Å². The lowest BCUT2D eigenvalue weighted by atomic mass is 9.99. The number of nitrogens with zero attached hydrogens (tertiary/aromatic N) is 2. The van der Waals surface area contributed by atoms with Crippen molar-refractivity contribution in [3.63, 3.8) is 0 Å². The molecule has 2 atom stereocenters. The normalized spacial score (nSPS) is 18.8. The third-order valence-electron chi connectivity index (χ3n) is 6.74. The summed E-state index contributed by atoms with van der Waals surface area (Å²) in [6.07, 6.45) is 2.54. The van der Waals surface area contributed by atoms with Crippen LogP contribution in [0.5, 0.6) is 0 Å². The smallest absolute Gasteiger partial charge is 0.259 e. The molecule has 0 aromatic heterocycles. The van der Waals surface area contributed by atoms with Crippen LogP contribution in [-0.4, -0.2) is 31.4 Å². The summed E-state index contributed by atoms with van der Waals surface area (Å²) < 4.78 is 0. The lowest BCUT2D eigenvalue weighted by molar-refractivity contribution is -0.120. The van der Waals surface area contributed by atoms with E-state index in [1.54, 1.807) is 4.90 Å². The predicted octanol–water partition coefficient (Wildman–Crippen LogP) is 4.91. The van der Waals surface area contributed by atoms with E-state index < -0.39 is 0 Å². The number of piperidine rings is 1. The molecule has 0 unspecified atom stereocenters. The number of carbonyl (C=O) groups is 2. The molecule has 2 aliphatic heterocycles. The maximum absolute atomic E-state index is 12.9. The first kappa shape index (κ1) is 20.6. The van der Waals surface area contributed by atoms with E-state index in [9.17, 15) is 9.59 Å². The van der Waals surface area contributed by atoms with Gasteiger partial charge in [-0.1, -0.05) is 43.3 Å². The van der Waals surface area contributed by atoms with Crippen molar-refractivity contribution in [3.8, 4) is 0 Å². The Kier molecular flexibility index (Phi) is 5.33. The topological polar surface area (TPSA) is 52.7 Å². The molecular weight excluding hydrogens is 398 g/mol. The van der Waals surface area contributed by atoms with Crippen molar-refractivity contribution < 1.29 is 9.59 Å². The second-order valence-electron chi connectivity index (χ2n) is 9.15. The van der Waals surface area contributed by atoms with Gasteiger partial charge in [-0.25, -0.2) is 0 Å². The van der Waals surface area contributed by atoms with Gasteiger partial charge in [-0.2, -0.15) is 0 Å². The zero-order valence-electron chi connectivity index (χ0n) is 18.7. The molecule has 164 valence electrons. The zero-order chi connectivity index (χ0) is 22.2. The number of hydrogen-bond acceptors (Lipinski definition) is 3. The standard InChI is InChI=1S/C27H29N3O2/c1-18-6-5-15-29(16-18)22-13-11-20(12-14-22)19(2)28-25(31)17-30-24-10-4-8-21-7-3-9-23(26(21)24)27(30)32/h3-4,7-14,18-19H,5-6,15-17H2,1-2H3,(H,28,31)/t18-,19-/m1/s1. The van der Waals surface area contributed by atoms with E-state index in [1.165, 1.54) is 18.5 Å². The Morgan fingerprint density at radius 3 is 2.59 bits per heavy atom. The summed E-state index contributed by atoms with van der Waals surface area (Å²) in [5.41, 5.74) is 3.78. The fourth-order valence-corrected chi connectivity index (χ4v) is 5.05. The van der Waals surface area contributed by atoms with Crippen molar-refractivity contribution in [2.45, 2.75) is 32.7 Å². The van der Waals surface area contributed by atoms with E-state index in [2.05, 4.69) is 41.4 Å². The number of amides is 2. The van der Waals surface area contributed by atoms with Crippen molar-refractivity contribution in [3.05, 3.63) is 71.8 Å². The summed E-state index contributed by atoms with van der Waals surface area (Å²) in [5, 5.41) is 5.02. The van der Waals surface area contributed by atoms with E-state index in [0.717, 1.165) is 41.0 Å². The van der Waals surface area contributed by atoms with E-state index >= 15 is 0 Å². The fourth-order valence-electron chi connectivity index (χ4n) is 5.05. The summed E-state index contributed by atoms with van der Waals surface area (Å²) in [6.45, 7) is 6.51. The number of rotatable bonds is 5. The van der Waals surface area contributed by atoms with Gasteiger partial charge in [-0.3, -0.25) is 14.5 Å². The second-order valence-corrected chi connectivity index (χ2v) is 9.15. The molecule has 0 spiro atoms. The Morgan fingerprint density at radius 2 is 1.84 bits per heavy atom. The highest BCUT2D eigenvalue weighted by Crippen LogP contribution is 2.37. The van der Waals surface area contributed by atoms with E-state index in [-0.39, 0.29) is 24.4 Å². The molecule has 5 rings (SSSR count). The minimum Gasteiger partial charge on any atom is -0.371 e. The van der Waals surface area contributed by atoms with Crippen molar-refractivity contribution in [1.82, 2.24) is 5.32 Å². The zero-order valence-corrected chi connectivity index (χ0v) is 18.7. The van der Waals surface area contributed by atoms with Crippen molar-refractivity contribution in [2.24, 2.45) is 5.92 Å². The van der Waals surface area contributed by atoms with Crippen LogP contribution in [0.25, 0.3) is 10.8 Å². The number of anilines is 2. The molecule has 1 N–H and O–H groups in total. The van der Waals surface area contributed by atoms with Gasteiger partial charge in [0.25, 0.3) is 5.91 Å². The first-order chi connectivity index (χ1) is 15.5. The van der Waals surface area contributed by atoms with Crippen LogP contribution in [0.3, 0.4) is 0 Å². The molecule has 2 aliphatic rings. The Bertz CT molecular complexity index is 1170. The Hall–Kier alpha value is -3.34. The molecule has 0 saturated carbocycles.